The number of hydrogen-bond acceptors (Lipinski definition) is 5. The summed E-state index contributed by atoms with van der Waals surface area (Å²) in [5.74, 6) is 0.299. The smallest absolute Gasteiger partial charge is 0.511 e. The van der Waals surface area contributed by atoms with Crippen molar-refractivity contribution >= 4 is 29.1 Å². The van der Waals surface area contributed by atoms with Crippen molar-refractivity contribution in [2.75, 3.05) is 0 Å². The van der Waals surface area contributed by atoms with Crippen LogP contribution in [0.1, 0.15) is 0 Å². The Morgan fingerprint density at radius 3 is 2.61 bits per heavy atom. The molecule has 0 aliphatic rings. The lowest BCUT2D eigenvalue weighted by atomic mass is 10.1. The quantitative estimate of drug-likeness (QED) is 0.518. The number of pyridine rings is 2. The van der Waals surface area contributed by atoms with Gasteiger partial charge in [-0.15, -0.1) is 0 Å². The number of benzene rings is 1. The normalized spacial score (nSPS) is 10.8. The summed E-state index contributed by atoms with van der Waals surface area (Å²) in [5, 5.41) is 19.3. The molecule has 0 radical (unpaired) electrons. The van der Waals surface area contributed by atoms with Gasteiger partial charge in [0.25, 0.3) is 0 Å². The summed E-state index contributed by atoms with van der Waals surface area (Å²) >= 11 is 0. The minimum absolute atomic E-state index is 0.299. The fraction of sp³-hybridized carbons (Fsp3) is 0. The molecule has 3 rings (SSSR count). The third-order valence-corrected chi connectivity index (χ3v) is 2.64. The van der Waals surface area contributed by atoms with Crippen molar-refractivity contribution in [3.8, 4) is 5.75 Å². The van der Waals surface area contributed by atoms with Crippen LogP contribution in [-0.4, -0.2) is 27.3 Å². The Morgan fingerprint density at radius 2 is 1.78 bits per heavy atom. The minimum Gasteiger partial charge on any atom is -0.511 e. The van der Waals surface area contributed by atoms with E-state index >= 15 is 0 Å². The average molecular weight is 240 g/mol. The molecular weight excluding hydrogens is 231 g/mol. The van der Waals surface area contributed by atoms with Gasteiger partial charge in [0.15, 0.2) is 0 Å². The van der Waals surface area contributed by atoms with Crippen LogP contribution in [-0.2, 0) is 0 Å². The molecule has 0 fully saturated rings. The molecule has 3 aromatic rings. The Labute approximate surface area is 103 Å². The van der Waals surface area contributed by atoms with E-state index in [1.165, 1.54) is 6.20 Å². The Morgan fingerprint density at radius 1 is 1.00 bits per heavy atom. The van der Waals surface area contributed by atoms with Crippen molar-refractivity contribution in [3.05, 3.63) is 42.7 Å². The lowest BCUT2D eigenvalue weighted by Crippen LogP contribution is -2.20. The lowest BCUT2D eigenvalue weighted by Gasteiger charge is -2.06. The molecule has 0 bridgehead atoms. The summed E-state index contributed by atoms with van der Waals surface area (Å²) in [6, 6.07) is 9.35. The number of fused-ring (bicyclic) bond motifs is 3. The molecule has 88 valence electrons. The standard InChI is InChI=1S/C12H9BN2O3/c16-13(17)18-10-6-9-4-3-8-2-1-5-14-11(8)12(9)15-7-10/h1-7,16-17H. The van der Waals surface area contributed by atoms with Crippen molar-refractivity contribution in [2.45, 2.75) is 0 Å². The van der Waals surface area contributed by atoms with E-state index in [4.69, 9.17) is 14.7 Å². The summed E-state index contributed by atoms with van der Waals surface area (Å²) in [4.78, 5) is 8.55. The second-order valence-corrected chi connectivity index (χ2v) is 3.83. The van der Waals surface area contributed by atoms with Gasteiger partial charge in [0.1, 0.15) is 5.75 Å². The van der Waals surface area contributed by atoms with Crippen LogP contribution < -0.4 is 4.65 Å². The predicted molar refractivity (Wildman–Crippen MR) is 67.9 cm³/mol. The maximum absolute atomic E-state index is 8.74. The molecule has 5 nitrogen and oxygen atoms in total. The molecule has 0 aliphatic carbocycles. The van der Waals surface area contributed by atoms with Gasteiger partial charge in [0, 0.05) is 17.0 Å². The topological polar surface area (TPSA) is 75.5 Å². The second-order valence-electron chi connectivity index (χ2n) is 3.83. The number of nitrogens with zero attached hydrogens (tertiary/aromatic N) is 2. The van der Waals surface area contributed by atoms with Crippen LogP contribution in [0.4, 0.5) is 0 Å². The fourth-order valence-electron chi connectivity index (χ4n) is 1.90. The van der Waals surface area contributed by atoms with E-state index in [2.05, 4.69) is 9.97 Å². The highest BCUT2D eigenvalue weighted by molar-refractivity contribution is 6.33. The van der Waals surface area contributed by atoms with Crippen LogP contribution in [0.25, 0.3) is 21.8 Å². The molecule has 1 aromatic carbocycles. The van der Waals surface area contributed by atoms with Crippen LogP contribution >= 0.6 is 0 Å². The van der Waals surface area contributed by atoms with Gasteiger partial charge in [-0.25, -0.2) is 0 Å². The summed E-state index contributed by atoms with van der Waals surface area (Å²) in [7, 11) is -1.84. The SMILES string of the molecule is OB(O)Oc1cnc2c(ccc3cccnc32)c1. The van der Waals surface area contributed by atoms with E-state index in [-0.39, 0.29) is 0 Å². The van der Waals surface area contributed by atoms with E-state index in [1.54, 1.807) is 12.3 Å². The highest BCUT2D eigenvalue weighted by Gasteiger charge is 2.12. The Hall–Kier alpha value is -2.18. The summed E-state index contributed by atoms with van der Waals surface area (Å²) in [5.41, 5.74) is 1.57. The third-order valence-electron chi connectivity index (χ3n) is 2.64. The molecule has 0 saturated carbocycles. The Bertz CT molecular complexity index is 718. The van der Waals surface area contributed by atoms with E-state index in [0.29, 0.717) is 5.75 Å². The van der Waals surface area contributed by atoms with E-state index in [1.807, 2.05) is 24.3 Å². The van der Waals surface area contributed by atoms with Crippen LogP contribution in [0.15, 0.2) is 42.7 Å². The summed E-state index contributed by atoms with van der Waals surface area (Å²) < 4.78 is 4.76. The van der Waals surface area contributed by atoms with Gasteiger partial charge in [0.2, 0.25) is 0 Å². The molecule has 2 N–H and O–H groups in total. The van der Waals surface area contributed by atoms with Crippen LogP contribution in [0.2, 0.25) is 0 Å². The zero-order valence-corrected chi connectivity index (χ0v) is 9.32. The molecule has 18 heavy (non-hydrogen) atoms. The van der Waals surface area contributed by atoms with Crippen LogP contribution in [0, 0.1) is 0 Å². The van der Waals surface area contributed by atoms with Crippen molar-refractivity contribution in [1.29, 1.82) is 0 Å². The first kappa shape index (κ1) is 10.9. The average Bonchev–Trinajstić information content (AvgIpc) is 2.37. The molecule has 0 unspecified atom stereocenters. The maximum Gasteiger partial charge on any atom is 0.707 e. The largest absolute Gasteiger partial charge is 0.707 e. The molecule has 0 atom stereocenters. The van der Waals surface area contributed by atoms with E-state index in [0.717, 1.165) is 21.8 Å². The maximum atomic E-state index is 8.74. The first-order valence-corrected chi connectivity index (χ1v) is 5.40. The van der Waals surface area contributed by atoms with Crippen molar-refractivity contribution in [1.82, 2.24) is 9.97 Å². The molecule has 2 heterocycles. The van der Waals surface area contributed by atoms with Gasteiger partial charge in [-0.3, -0.25) is 9.97 Å². The van der Waals surface area contributed by atoms with Gasteiger partial charge in [-0.05, 0) is 12.1 Å². The first-order valence-electron chi connectivity index (χ1n) is 5.40. The van der Waals surface area contributed by atoms with Gasteiger partial charge in [-0.2, -0.15) is 0 Å². The van der Waals surface area contributed by atoms with Gasteiger partial charge >= 0.3 is 7.32 Å². The number of hydrogen-bond donors (Lipinski definition) is 2. The van der Waals surface area contributed by atoms with E-state index in [9.17, 15) is 0 Å². The van der Waals surface area contributed by atoms with Crippen molar-refractivity contribution < 1.29 is 14.7 Å². The van der Waals surface area contributed by atoms with E-state index < -0.39 is 7.32 Å². The minimum atomic E-state index is -1.84. The zero-order chi connectivity index (χ0) is 12.5. The molecular formula is C12H9BN2O3. The molecule has 0 aliphatic heterocycles. The molecule has 6 heteroatoms. The van der Waals surface area contributed by atoms with Crippen molar-refractivity contribution in [2.24, 2.45) is 0 Å². The molecule has 2 aromatic heterocycles. The second kappa shape index (κ2) is 4.25. The number of aromatic nitrogens is 2. The highest BCUT2D eigenvalue weighted by atomic mass is 16.6. The van der Waals surface area contributed by atoms with Crippen molar-refractivity contribution in [3.63, 3.8) is 0 Å². The molecule has 0 saturated heterocycles. The van der Waals surface area contributed by atoms with Gasteiger partial charge in [-0.1, -0.05) is 18.2 Å². The number of rotatable bonds is 2. The highest BCUT2D eigenvalue weighted by Crippen LogP contribution is 2.24. The third kappa shape index (κ3) is 1.87. The summed E-state index contributed by atoms with van der Waals surface area (Å²) in [6.45, 7) is 0. The Balaban J connectivity index is 2.21. The zero-order valence-electron chi connectivity index (χ0n) is 9.32. The molecule has 0 amide bonds. The Kier molecular flexibility index (Phi) is 2.58. The fourth-order valence-corrected chi connectivity index (χ4v) is 1.90. The monoisotopic (exact) mass is 240 g/mol. The first-order chi connectivity index (χ1) is 8.74. The van der Waals surface area contributed by atoms with Crippen LogP contribution in [0.5, 0.6) is 5.75 Å². The summed E-state index contributed by atoms with van der Waals surface area (Å²) in [6.07, 6.45) is 3.15. The van der Waals surface area contributed by atoms with Crippen LogP contribution in [0.3, 0.4) is 0 Å². The molecule has 0 spiro atoms. The van der Waals surface area contributed by atoms with Gasteiger partial charge < -0.3 is 14.7 Å². The predicted octanol–water partition coefficient (Wildman–Crippen LogP) is 1.13. The van der Waals surface area contributed by atoms with Gasteiger partial charge in [0.05, 0.1) is 17.2 Å². The lowest BCUT2D eigenvalue weighted by molar-refractivity contribution is 0.288.